The van der Waals surface area contributed by atoms with E-state index in [2.05, 4.69) is 10.9 Å². The molecule has 1 unspecified atom stereocenters. The van der Waals surface area contributed by atoms with Gasteiger partial charge in [-0.1, -0.05) is 6.07 Å². The molecule has 27 heavy (non-hydrogen) atoms. The fourth-order valence-corrected chi connectivity index (χ4v) is 3.66. The van der Waals surface area contributed by atoms with Crippen molar-refractivity contribution >= 4 is 29.1 Å². The Labute approximate surface area is 161 Å². The Hall–Kier alpha value is -2.87. The number of thiophene rings is 1. The molecule has 1 saturated heterocycles. The number of benzene rings is 1. The van der Waals surface area contributed by atoms with Crippen LogP contribution in [0.4, 0.5) is 0 Å². The second kappa shape index (κ2) is 8.68. The molecule has 1 aliphatic heterocycles. The molecule has 3 amide bonds. The first kappa shape index (κ1) is 18.9. The molecule has 1 aromatic carbocycles. The molecule has 0 bridgehead atoms. The molecule has 0 saturated carbocycles. The highest BCUT2D eigenvalue weighted by Gasteiger charge is 2.29. The minimum absolute atomic E-state index is 0.0511. The van der Waals surface area contributed by atoms with Crippen molar-refractivity contribution in [3.63, 3.8) is 0 Å². The molecule has 142 valence electrons. The van der Waals surface area contributed by atoms with Crippen LogP contribution in [-0.4, -0.2) is 42.8 Å². The van der Waals surface area contributed by atoms with Gasteiger partial charge < -0.3 is 9.64 Å². The molecule has 0 spiro atoms. The average molecular weight is 387 g/mol. The number of piperidine rings is 1. The average Bonchev–Trinajstić information content (AvgIpc) is 3.26. The van der Waals surface area contributed by atoms with Crippen LogP contribution in [0.25, 0.3) is 0 Å². The molecule has 1 fully saturated rings. The number of methoxy groups -OCH3 is 1. The van der Waals surface area contributed by atoms with Gasteiger partial charge in [0.15, 0.2) is 0 Å². The molecule has 2 aromatic rings. The number of carbonyl (C=O) groups is 3. The van der Waals surface area contributed by atoms with Gasteiger partial charge in [0.1, 0.15) is 5.75 Å². The van der Waals surface area contributed by atoms with E-state index in [1.54, 1.807) is 42.3 Å². The van der Waals surface area contributed by atoms with E-state index in [-0.39, 0.29) is 17.7 Å². The number of hydrogen-bond donors (Lipinski definition) is 2. The summed E-state index contributed by atoms with van der Waals surface area (Å²) in [6, 6.07) is 10.2. The van der Waals surface area contributed by atoms with Crippen LogP contribution < -0.4 is 15.6 Å². The summed E-state index contributed by atoms with van der Waals surface area (Å²) in [6.45, 7) is 0.986. The monoisotopic (exact) mass is 387 g/mol. The van der Waals surface area contributed by atoms with Crippen molar-refractivity contribution < 1.29 is 19.1 Å². The van der Waals surface area contributed by atoms with E-state index in [4.69, 9.17) is 4.74 Å². The number of rotatable bonds is 4. The Bertz CT molecular complexity index is 805. The van der Waals surface area contributed by atoms with Crippen molar-refractivity contribution in [2.45, 2.75) is 12.8 Å². The summed E-state index contributed by atoms with van der Waals surface area (Å²) >= 11 is 1.39. The summed E-state index contributed by atoms with van der Waals surface area (Å²) in [6.07, 6.45) is 1.43. The Balaban J connectivity index is 1.52. The van der Waals surface area contributed by atoms with Crippen molar-refractivity contribution in [2.75, 3.05) is 20.2 Å². The topological polar surface area (TPSA) is 87.7 Å². The van der Waals surface area contributed by atoms with Gasteiger partial charge in [0.05, 0.1) is 17.9 Å². The normalized spacial score (nSPS) is 16.5. The second-order valence-corrected chi connectivity index (χ2v) is 7.19. The highest BCUT2D eigenvalue weighted by atomic mass is 32.1. The molecule has 0 radical (unpaired) electrons. The molecule has 1 atom stereocenters. The Morgan fingerprint density at radius 2 is 1.93 bits per heavy atom. The summed E-state index contributed by atoms with van der Waals surface area (Å²) < 4.78 is 5.05. The number of carbonyl (C=O) groups excluding carboxylic acids is 3. The van der Waals surface area contributed by atoms with Crippen LogP contribution in [0.15, 0.2) is 41.8 Å². The third-order valence-electron chi connectivity index (χ3n) is 4.46. The maximum atomic E-state index is 12.5. The van der Waals surface area contributed by atoms with Crippen molar-refractivity contribution in [3.05, 3.63) is 52.2 Å². The van der Waals surface area contributed by atoms with E-state index >= 15 is 0 Å². The maximum absolute atomic E-state index is 12.5. The molecule has 2 heterocycles. The minimum atomic E-state index is -0.409. The van der Waals surface area contributed by atoms with Gasteiger partial charge in [-0.2, -0.15) is 0 Å². The van der Waals surface area contributed by atoms with Gasteiger partial charge in [-0.15, -0.1) is 11.3 Å². The summed E-state index contributed by atoms with van der Waals surface area (Å²) in [5.74, 6) is -0.453. The van der Waals surface area contributed by atoms with Crippen LogP contribution in [0, 0.1) is 5.92 Å². The molecule has 1 aliphatic rings. The van der Waals surface area contributed by atoms with Gasteiger partial charge in [-0.3, -0.25) is 25.2 Å². The Morgan fingerprint density at radius 3 is 2.59 bits per heavy atom. The van der Waals surface area contributed by atoms with E-state index in [1.807, 2.05) is 11.4 Å². The smallest absolute Gasteiger partial charge is 0.269 e. The lowest BCUT2D eigenvalue weighted by atomic mass is 9.97. The first-order valence-corrected chi connectivity index (χ1v) is 9.53. The molecule has 0 aliphatic carbocycles. The number of nitrogens with one attached hydrogen (secondary N) is 2. The van der Waals surface area contributed by atoms with Crippen molar-refractivity contribution in [2.24, 2.45) is 5.92 Å². The van der Waals surface area contributed by atoms with Crippen LogP contribution in [0.3, 0.4) is 0 Å². The van der Waals surface area contributed by atoms with E-state index < -0.39 is 5.91 Å². The van der Waals surface area contributed by atoms with Crippen LogP contribution in [0.5, 0.6) is 5.75 Å². The lowest BCUT2D eigenvalue weighted by Gasteiger charge is -2.31. The molecule has 8 heteroatoms. The highest BCUT2D eigenvalue weighted by molar-refractivity contribution is 7.12. The summed E-state index contributed by atoms with van der Waals surface area (Å²) in [4.78, 5) is 39.4. The number of amides is 3. The molecular weight excluding hydrogens is 366 g/mol. The number of ether oxygens (including phenoxy) is 1. The van der Waals surface area contributed by atoms with Crippen LogP contribution in [0.1, 0.15) is 32.9 Å². The van der Waals surface area contributed by atoms with Crippen molar-refractivity contribution in [1.82, 2.24) is 15.8 Å². The van der Waals surface area contributed by atoms with Crippen LogP contribution in [0.2, 0.25) is 0 Å². The fourth-order valence-electron chi connectivity index (χ4n) is 2.97. The maximum Gasteiger partial charge on any atom is 0.269 e. The van der Waals surface area contributed by atoms with E-state index in [0.29, 0.717) is 35.7 Å². The third kappa shape index (κ3) is 4.65. The largest absolute Gasteiger partial charge is 0.497 e. The number of nitrogens with zero attached hydrogens (tertiary/aromatic N) is 1. The lowest BCUT2D eigenvalue weighted by molar-refractivity contribution is -0.127. The molecule has 1 aromatic heterocycles. The first-order chi connectivity index (χ1) is 13.1. The zero-order valence-corrected chi connectivity index (χ0v) is 15.8. The van der Waals surface area contributed by atoms with Crippen LogP contribution >= 0.6 is 11.3 Å². The fraction of sp³-hybridized carbons (Fsp3) is 0.316. The quantitative estimate of drug-likeness (QED) is 0.786. The number of hydrazine groups is 1. The van der Waals surface area contributed by atoms with Gasteiger partial charge in [-0.05, 0) is 48.6 Å². The van der Waals surface area contributed by atoms with E-state index in [9.17, 15) is 14.4 Å². The van der Waals surface area contributed by atoms with Gasteiger partial charge in [0, 0.05) is 18.7 Å². The Morgan fingerprint density at radius 1 is 1.15 bits per heavy atom. The lowest BCUT2D eigenvalue weighted by Crippen LogP contribution is -2.50. The summed E-state index contributed by atoms with van der Waals surface area (Å²) in [7, 11) is 1.55. The first-order valence-electron chi connectivity index (χ1n) is 8.65. The zero-order chi connectivity index (χ0) is 19.2. The van der Waals surface area contributed by atoms with Gasteiger partial charge >= 0.3 is 0 Å². The van der Waals surface area contributed by atoms with Gasteiger partial charge in [-0.25, -0.2) is 0 Å². The predicted octanol–water partition coefficient (Wildman–Crippen LogP) is 2.07. The molecular formula is C19H21N3O4S. The minimum Gasteiger partial charge on any atom is -0.497 e. The van der Waals surface area contributed by atoms with Crippen LogP contribution in [-0.2, 0) is 4.79 Å². The number of likely N-dealkylation sites (tertiary alicyclic amines) is 1. The van der Waals surface area contributed by atoms with Crippen molar-refractivity contribution in [3.8, 4) is 5.75 Å². The van der Waals surface area contributed by atoms with Gasteiger partial charge in [0.25, 0.3) is 11.8 Å². The molecule has 7 nitrogen and oxygen atoms in total. The summed E-state index contributed by atoms with van der Waals surface area (Å²) in [5.41, 5.74) is 5.30. The molecule has 3 rings (SSSR count). The standard InChI is InChI=1S/C19H21N3O4S/c1-26-15-8-6-13(7-9-15)17(23)20-21-18(24)14-4-2-10-22(12-14)19(25)16-5-3-11-27-16/h3,5-9,11,14H,2,4,10,12H2,1H3,(H,20,23)(H,21,24). The molecule has 2 N–H and O–H groups in total. The van der Waals surface area contributed by atoms with E-state index in [1.165, 1.54) is 11.3 Å². The van der Waals surface area contributed by atoms with Crippen molar-refractivity contribution in [1.29, 1.82) is 0 Å². The second-order valence-electron chi connectivity index (χ2n) is 6.24. The Kier molecular flexibility index (Phi) is 6.08. The zero-order valence-electron chi connectivity index (χ0n) is 14.9. The predicted molar refractivity (Wildman–Crippen MR) is 102 cm³/mol. The van der Waals surface area contributed by atoms with E-state index in [0.717, 1.165) is 6.42 Å². The number of hydrogen-bond acceptors (Lipinski definition) is 5. The van der Waals surface area contributed by atoms with Gasteiger partial charge in [0.2, 0.25) is 5.91 Å². The summed E-state index contributed by atoms with van der Waals surface area (Å²) in [5, 5.41) is 1.86. The highest BCUT2D eigenvalue weighted by Crippen LogP contribution is 2.20. The SMILES string of the molecule is COc1ccc(C(=O)NNC(=O)C2CCCN(C(=O)c3cccs3)C2)cc1. The third-order valence-corrected chi connectivity index (χ3v) is 5.32.